The van der Waals surface area contributed by atoms with Gasteiger partial charge in [-0.2, -0.15) is 0 Å². The monoisotopic (exact) mass is 311 g/mol. The lowest BCUT2D eigenvalue weighted by Crippen LogP contribution is -2.09. The number of rotatable bonds is 3. The maximum Gasteiger partial charge on any atom is 0.224 e. The van der Waals surface area contributed by atoms with Crippen LogP contribution in [-0.2, 0) is 11.2 Å². The largest absolute Gasteiger partial charge is 0.457 e. The molecule has 120 valence electrons. The summed E-state index contributed by atoms with van der Waals surface area (Å²) in [4.78, 5) is 11.6. The van der Waals surface area contributed by atoms with Gasteiger partial charge in [-0.05, 0) is 73.7 Å². The highest BCUT2D eigenvalue weighted by molar-refractivity contribution is 5.92. The molecule has 0 aromatic heterocycles. The van der Waals surface area contributed by atoms with Gasteiger partial charge in [-0.1, -0.05) is 0 Å². The number of benzene rings is 2. The molecule has 0 radical (unpaired) electrons. The summed E-state index contributed by atoms with van der Waals surface area (Å²) in [5.41, 5.74) is 7.54. The molecule has 4 N–H and O–H groups in total. The predicted octanol–water partition coefficient (Wildman–Crippen LogP) is 3.66. The van der Waals surface area contributed by atoms with E-state index in [-0.39, 0.29) is 5.91 Å². The number of nitrogen functional groups attached to an aromatic ring is 1. The number of hydrazine groups is 1. The Balaban J connectivity index is 1.90. The van der Waals surface area contributed by atoms with Crippen molar-refractivity contribution >= 4 is 17.3 Å². The predicted molar refractivity (Wildman–Crippen MR) is 91.8 cm³/mol. The van der Waals surface area contributed by atoms with Gasteiger partial charge in [0.15, 0.2) is 0 Å². The number of aryl methyl sites for hydroxylation is 3. The first-order valence-corrected chi connectivity index (χ1v) is 7.75. The molecule has 1 heterocycles. The molecule has 1 aliphatic heterocycles. The van der Waals surface area contributed by atoms with Crippen LogP contribution >= 0.6 is 0 Å². The van der Waals surface area contributed by atoms with E-state index >= 15 is 0 Å². The normalized spacial score (nSPS) is 13.8. The summed E-state index contributed by atoms with van der Waals surface area (Å²) < 4.78 is 6.09. The number of ether oxygens (including phenoxy) is 1. The molecule has 5 heteroatoms. The zero-order valence-corrected chi connectivity index (χ0v) is 13.4. The summed E-state index contributed by atoms with van der Waals surface area (Å²) in [6, 6.07) is 9.71. The zero-order chi connectivity index (χ0) is 16.4. The van der Waals surface area contributed by atoms with Gasteiger partial charge in [-0.25, -0.2) is 0 Å². The Bertz CT molecular complexity index is 733. The number of hydrogen-bond donors (Lipinski definition) is 3. The SMILES string of the molecule is Cc1cc(NN)cc(C)c1Oc1ccc2c(c1)CCCC(=O)N2. The quantitative estimate of drug-likeness (QED) is 0.597. The first-order valence-electron chi connectivity index (χ1n) is 7.75. The van der Waals surface area contributed by atoms with Crippen molar-refractivity contribution in [2.45, 2.75) is 33.1 Å². The topological polar surface area (TPSA) is 76.4 Å². The number of fused-ring (bicyclic) bond motifs is 1. The van der Waals surface area contributed by atoms with Gasteiger partial charge < -0.3 is 15.5 Å². The molecule has 2 aromatic rings. The first kappa shape index (κ1) is 15.4. The van der Waals surface area contributed by atoms with Crippen molar-refractivity contribution in [2.24, 2.45) is 5.84 Å². The number of nitrogens with two attached hydrogens (primary N) is 1. The Labute approximate surface area is 135 Å². The smallest absolute Gasteiger partial charge is 0.224 e. The van der Waals surface area contributed by atoms with E-state index in [1.807, 2.05) is 44.2 Å². The lowest BCUT2D eigenvalue weighted by Gasteiger charge is -2.15. The summed E-state index contributed by atoms with van der Waals surface area (Å²) in [5.74, 6) is 7.16. The lowest BCUT2D eigenvalue weighted by atomic mass is 10.1. The molecule has 0 unspecified atom stereocenters. The maximum atomic E-state index is 11.6. The Morgan fingerprint density at radius 2 is 1.87 bits per heavy atom. The second-order valence-corrected chi connectivity index (χ2v) is 5.91. The van der Waals surface area contributed by atoms with E-state index in [9.17, 15) is 4.79 Å². The minimum Gasteiger partial charge on any atom is -0.457 e. The standard InChI is InChI=1S/C18H21N3O2/c1-11-8-14(21-19)9-12(2)18(11)23-15-6-7-16-13(10-15)4-3-5-17(22)20-16/h6-10,21H,3-5,19H2,1-2H3,(H,20,22). The molecule has 0 atom stereocenters. The second-order valence-electron chi connectivity index (χ2n) is 5.91. The van der Waals surface area contributed by atoms with E-state index in [4.69, 9.17) is 10.6 Å². The lowest BCUT2D eigenvalue weighted by molar-refractivity contribution is -0.116. The van der Waals surface area contributed by atoms with Crippen molar-refractivity contribution in [3.8, 4) is 11.5 Å². The number of anilines is 2. The molecular weight excluding hydrogens is 290 g/mol. The summed E-state index contributed by atoms with van der Waals surface area (Å²) in [7, 11) is 0. The van der Waals surface area contributed by atoms with Crippen LogP contribution in [0.15, 0.2) is 30.3 Å². The molecule has 3 rings (SSSR count). The van der Waals surface area contributed by atoms with Crippen LogP contribution in [-0.4, -0.2) is 5.91 Å². The summed E-state index contributed by atoms with van der Waals surface area (Å²) >= 11 is 0. The molecule has 0 bridgehead atoms. The average molecular weight is 311 g/mol. The van der Waals surface area contributed by atoms with E-state index in [0.717, 1.165) is 52.4 Å². The second kappa shape index (κ2) is 6.30. The Kier molecular flexibility index (Phi) is 4.21. The van der Waals surface area contributed by atoms with Gasteiger partial charge in [0.25, 0.3) is 0 Å². The van der Waals surface area contributed by atoms with Gasteiger partial charge in [0.1, 0.15) is 11.5 Å². The summed E-state index contributed by atoms with van der Waals surface area (Å²) in [5, 5.41) is 2.93. The number of amides is 1. The summed E-state index contributed by atoms with van der Waals surface area (Å²) in [6.45, 7) is 3.99. The zero-order valence-electron chi connectivity index (χ0n) is 13.4. The minimum atomic E-state index is 0.0778. The van der Waals surface area contributed by atoms with Crippen LogP contribution in [0.3, 0.4) is 0 Å². The van der Waals surface area contributed by atoms with Crippen molar-refractivity contribution in [3.63, 3.8) is 0 Å². The molecule has 0 fully saturated rings. The molecule has 0 saturated carbocycles. The van der Waals surface area contributed by atoms with E-state index in [1.165, 1.54) is 0 Å². The first-order chi connectivity index (χ1) is 11.1. The third kappa shape index (κ3) is 3.29. The Hall–Kier alpha value is -2.53. The van der Waals surface area contributed by atoms with Crippen molar-refractivity contribution in [1.29, 1.82) is 0 Å². The van der Waals surface area contributed by atoms with Crippen LogP contribution in [0.25, 0.3) is 0 Å². The molecular formula is C18H21N3O2. The fourth-order valence-electron chi connectivity index (χ4n) is 2.93. The number of hydrogen-bond acceptors (Lipinski definition) is 4. The maximum absolute atomic E-state index is 11.6. The van der Waals surface area contributed by atoms with Gasteiger partial charge in [0, 0.05) is 17.8 Å². The van der Waals surface area contributed by atoms with Crippen molar-refractivity contribution in [1.82, 2.24) is 0 Å². The van der Waals surface area contributed by atoms with Crippen LogP contribution in [0.1, 0.15) is 29.5 Å². The van der Waals surface area contributed by atoms with Gasteiger partial charge >= 0.3 is 0 Å². The van der Waals surface area contributed by atoms with Crippen molar-refractivity contribution in [2.75, 3.05) is 10.7 Å². The number of carbonyl (C=O) groups excluding carboxylic acids is 1. The molecule has 0 spiro atoms. The number of carbonyl (C=O) groups is 1. The van der Waals surface area contributed by atoms with Crippen LogP contribution in [0.2, 0.25) is 0 Å². The van der Waals surface area contributed by atoms with Gasteiger partial charge in [0.05, 0.1) is 0 Å². The fourth-order valence-corrected chi connectivity index (χ4v) is 2.93. The molecule has 0 saturated heterocycles. The van der Waals surface area contributed by atoms with E-state index in [0.29, 0.717) is 6.42 Å². The van der Waals surface area contributed by atoms with Crippen LogP contribution in [0.4, 0.5) is 11.4 Å². The molecule has 0 aliphatic carbocycles. The van der Waals surface area contributed by atoms with E-state index < -0.39 is 0 Å². The van der Waals surface area contributed by atoms with Gasteiger partial charge in [-0.3, -0.25) is 10.6 Å². The third-order valence-corrected chi connectivity index (χ3v) is 4.05. The third-order valence-electron chi connectivity index (χ3n) is 4.05. The highest BCUT2D eigenvalue weighted by Gasteiger charge is 2.14. The highest BCUT2D eigenvalue weighted by atomic mass is 16.5. The Morgan fingerprint density at radius 3 is 2.57 bits per heavy atom. The van der Waals surface area contributed by atoms with Crippen molar-refractivity contribution < 1.29 is 9.53 Å². The molecule has 1 aliphatic rings. The molecule has 2 aromatic carbocycles. The number of nitrogens with one attached hydrogen (secondary N) is 2. The van der Waals surface area contributed by atoms with Crippen LogP contribution < -0.4 is 21.3 Å². The van der Waals surface area contributed by atoms with Crippen molar-refractivity contribution in [3.05, 3.63) is 47.0 Å². The average Bonchev–Trinajstić information content (AvgIpc) is 2.70. The molecule has 23 heavy (non-hydrogen) atoms. The molecule has 1 amide bonds. The van der Waals surface area contributed by atoms with E-state index in [2.05, 4.69) is 10.7 Å². The van der Waals surface area contributed by atoms with Gasteiger partial charge in [-0.15, -0.1) is 0 Å². The van der Waals surface area contributed by atoms with Crippen LogP contribution in [0, 0.1) is 13.8 Å². The fraction of sp³-hybridized carbons (Fsp3) is 0.278. The minimum absolute atomic E-state index is 0.0778. The Morgan fingerprint density at radius 1 is 1.13 bits per heavy atom. The molecule has 5 nitrogen and oxygen atoms in total. The highest BCUT2D eigenvalue weighted by Crippen LogP contribution is 2.33. The van der Waals surface area contributed by atoms with E-state index in [1.54, 1.807) is 0 Å². The summed E-state index contributed by atoms with van der Waals surface area (Å²) in [6.07, 6.45) is 2.30. The van der Waals surface area contributed by atoms with Gasteiger partial charge in [0.2, 0.25) is 5.91 Å². The van der Waals surface area contributed by atoms with Crippen LogP contribution in [0.5, 0.6) is 11.5 Å².